The molecule has 0 radical (unpaired) electrons. The van der Waals surface area contributed by atoms with Gasteiger partial charge in [-0.05, 0) is 31.9 Å². The molecule has 2 rings (SSSR count). The predicted molar refractivity (Wildman–Crippen MR) is 83.1 cm³/mol. The molecule has 2 heterocycles. The van der Waals surface area contributed by atoms with Crippen molar-refractivity contribution in [2.24, 2.45) is 5.73 Å². The van der Waals surface area contributed by atoms with Gasteiger partial charge in [0.25, 0.3) is 0 Å². The second-order valence-electron chi connectivity index (χ2n) is 4.65. The van der Waals surface area contributed by atoms with Crippen LogP contribution < -0.4 is 11.1 Å². The third-order valence-corrected chi connectivity index (χ3v) is 3.84. The summed E-state index contributed by atoms with van der Waals surface area (Å²) in [7, 11) is 0. The minimum Gasteiger partial charge on any atom is -0.330 e. The van der Waals surface area contributed by atoms with Gasteiger partial charge in [0, 0.05) is 11.6 Å². The van der Waals surface area contributed by atoms with Gasteiger partial charge in [-0.15, -0.1) is 11.3 Å². The number of carbonyl (C=O) groups excluding carboxylic acids is 1. The molecule has 0 atom stereocenters. The number of aromatic nitrogens is 3. The van der Waals surface area contributed by atoms with Gasteiger partial charge in [-0.2, -0.15) is 0 Å². The summed E-state index contributed by atoms with van der Waals surface area (Å²) in [6.45, 7) is 0.742. The highest BCUT2D eigenvalue weighted by atomic mass is 32.1. The molecule has 6 nitrogen and oxygen atoms in total. The van der Waals surface area contributed by atoms with Gasteiger partial charge in [0.2, 0.25) is 5.91 Å². The Labute approximate surface area is 127 Å². The molecule has 0 unspecified atom stereocenters. The summed E-state index contributed by atoms with van der Waals surface area (Å²) in [5.74, 6) is 0.390. The number of aryl methyl sites for hydroxylation is 1. The molecule has 2 aromatic rings. The molecule has 0 aliphatic carbocycles. The van der Waals surface area contributed by atoms with E-state index < -0.39 is 0 Å². The van der Waals surface area contributed by atoms with Gasteiger partial charge in [-0.3, -0.25) is 4.79 Å². The predicted octanol–water partition coefficient (Wildman–Crippen LogP) is 1.79. The van der Waals surface area contributed by atoms with E-state index in [-0.39, 0.29) is 12.3 Å². The van der Waals surface area contributed by atoms with Crippen molar-refractivity contribution < 1.29 is 4.79 Å². The Morgan fingerprint density at radius 2 is 2.24 bits per heavy atom. The maximum atomic E-state index is 11.9. The van der Waals surface area contributed by atoms with Crippen molar-refractivity contribution in [3.05, 3.63) is 34.7 Å². The average Bonchev–Trinajstić information content (AvgIpc) is 2.92. The molecule has 3 N–H and O–H groups in total. The summed E-state index contributed by atoms with van der Waals surface area (Å²) in [6.07, 6.45) is 7.49. The van der Waals surface area contributed by atoms with E-state index in [0.717, 1.165) is 42.9 Å². The zero-order chi connectivity index (χ0) is 14.9. The molecule has 1 amide bonds. The average molecular weight is 305 g/mol. The van der Waals surface area contributed by atoms with Gasteiger partial charge in [-0.25, -0.2) is 15.0 Å². The zero-order valence-electron chi connectivity index (χ0n) is 11.8. The third-order valence-electron chi connectivity index (χ3n) is 2.89. The van der Waals surface area contributed by atoms with E-state index in [1.807, 2.05) is 5.38 Å². The topological polar surface area (TPSA) is 93.8 Å². The number of hydrogen-bond donors (Lipinski definition) is 2. The van der Waals surface area contributed by atoms with Crippen LogP contribution in [0.3, 0.4) is 0 Å². The van der Waals surface area contributed by atoms with Crippen LogP contribution in [-0.4, -0.2) is 27.4 Å². The maximum absolute atomic E-state index is 11.9. The highest BCUT2D eigenvalue weighted by Crippen LogP contribution is 2.14. The van der Waals surface area contributed by atoms with Crippen molar-refractivity contribution in [3.8, 4) is 0 Å². The van der Waals surface area contributed by atoms with Crippen LogP contribution in [0.25, 0.3) is 0 Å². The first-order chi connectivity index (χ1) is 10.3. The lowest BCUT2D eigenvalue weighted by Gasteiger charge is -2.01. The van der Waals surface area contributed by atoms with Gasteiger partial charge < -0.3 is 11.1 Å². The van der Waals surface area contributed by atoms with Crippen LogP contribution in [-0.2, 0) is 17.6 Å². The number of unbranched alkanes of at least 4 members (excludes halogenated alkanes) is 2. The highest BCUT2D eigenvalue weighted by molar-refractivity contribution is 7.09. The lowest BCUT2D eigenvalue weighted by molar-refractivity contribution is -0.115. The molecule has 0 saturated carbocycles. The Hall–Kier alpha value is -1.86. The Balaban J connectivity index is 1.78. The van der Waals surface area contributed by atoms with E-state index in [0.29, 0.717) is 5.82 Å². The van der Waals surface area contributed by atoms with Crippen molar-refractivity contribution in [3.63, 3.8) is 0 Å². The number of thiazole rings is 1. The number of anilines is 1. The van der Waals surface area contributed by atoms with Crippen LogP contribution >= 0.6 is 11.3 Å². The van der Waals surface area contributed by atoms with E-state index in [2.05, 4.69) is 20.3 Å². The number of nitrogens with one attached hydrogen (secondary N) is 1. The number of amides is 1. The summed E-state index contributed by atoms with van der Waals surface area (Å²) in [4.78, 5) is 24.1. The van der Waals surface area contributed by atoms with Crippen molar-refractivity contribution in [2.75, 3.05) is 11.9 Å². The largest absolute Gasteiger partial charge is 0.330 e. The van der Waals surface area contributed by atoms with Crippen molar-refractivity contribution in [1.29, 1.82) is 0 Å². The molecule has 0 aliphatic heterocycles. The van der Waals surface area contributed by atoms with Gasteiger partial charge in [0.15, 0.2) is 0 Å². The van der Waals surface area contributed by atoms with Crippen LogP contribution in [0.2, 0.25) is 0 Å². The molecule has 0 spiro atoms. The molecule has 0 bridgehead atoms. The zero-order valence-corrected chi connectivity index (χ0v) is 12.6. The van der Waals surface area contributed by atoms with E-state index in [1.54, 1.807) is 23.6 Å². The van der Waals surface area contributed by atoms with Crippen LogP contribution in [0.1, 0.15) is 30.0 Å². The summed E-state index contributed by atoms with van der Waals surface area (Å²) in [5, 5.41) is 5.74. The standard InChI is InChI=1S/C14H19N5OS/c15-6-3-1-2-4-14-18-11(9-21-14)8-13(20)19-12-5-7-16-10-17-12/h5,7,9-10H,1-4,6,8,15H2,(H,16,17,19,20). The summed E-state index contributed by atoms with van der Waals surface area (Å²) in [5.41, 5.74) is 6.27. The monoisotopic (exact) mass is 305 g/mol. The van der Waals surface area contributed by atoms with Crippen LogP contribution in [0.15, 0.2) is 24.0 Å². The maximum Gasteiger partial charge on any atom is 0.231 e. The van der Waals surface area contributed by atoms with E-state index >= 15 is 0 Å². The van der Waals surface area contributed by atoms with E-state index in [9.17, 15) is 4.79 Å². The minimum atomic E-state index is -0.117. The minimum absolute atomic E-state index is 0.117. The fraction of sp³-hybridized carbons (Fsp3) is 0.429. The molecule has 0 saturated heterocycles. The van der Waals surface area contributed by atoms with Gasteiger partial charge in [0.05, 0.1) is 17.1 Å². The van der Waals surface area contributed by atoms with Crippen molar-refractivity contribution in [1.82, 2.24) is 15.0 Å². The summed E-state index contributed by atoms with van der Waals surface area (Å²) < 4.78 is 0. The van der Waals surface area contributed by atoms with Crippen LogP contribution in [0.4, 0.5) is 5.82 Å². The summed E-state index contributed by atoms with van der Waals surface area (Å²) in [6, 6.07) is 1.65. The number of hydrogen-bond acceptors (Lipinski definition) is 6. The fourth-order valence-electron chi connectivity index (χ4n) is 1.86. The van der Waals surface area contributed by atoms with E-state index in [1.165, 1.54) is 6.33 Å². The Morgan fingerprint density at radius 3 is 3.00 bits per heavy atom. The molecule has 112 valence electrons. The number of carbonyl (C=O) groups is 1. The molecular formula is C14H19N5OS. The Morgan fingerprint density at radius 1 is 1.33 bits per heavy atom. The molecule has 21 heavy (non-hydrogen) atoms. The molecule has 0 aromatic carbocycles. The van der Waals surface area contributed by atoms with Crippen molar-refractivity contribution >= 4 is 23.1 Å². The lowest BCUT2D eigenvalue weighted by Crippen LogP contribution is -2.15. The third kappa shape index (κ3) is 5.57. The van der Waals surface area contributed by atoms with Gasteiger partial charge >= 0.3 is 0 Å². The Kier molecular flexibility index (Phi) is 6.23. The SMILES string of the molecule is NCCCCCc1nc(CC(=O)Nc2ccncn2)cs1. The first-order valence-corrected chi connectivity index (χ1v) is 7.85. The molecule has 2 aromatic heterocycles. The smallest absolute Gasteiger partial charge is 0.231 e. The first-order valence-electron chi connectivity index (χ1n) is 6.97. The number of rotatable bonds is 8. The highest BCUT2D eigenvalue weighted by Gasteiger charge is 2.08. The van der Waals surface area contributed by atoms with Crippen LogP contribution in [0, 0.1) is 0 Å². The van der Waals surface area contributed by atoms with Crippen LogP contribution in [0.5, 0.6) is 0 Å². The number of nitrogens with zero attached hydrogens (tertiary/aromatic N) is 3. The molecule has 7 heteroatoms. The fourth-order valence-corrected chi connectivity index (χ4v) is 2.70. The molecular weight excluding hydrogens is 286 g/mol. The normalized spacial score (nSPS) is 10.5. The second kappa shape index (κ2) is 8.43. The van der Waals surface area contributed by atoms with Gasteiger partial charge in [-0.1, -0.05) is 6.42 Å². The summed E-state index contributed by atoms with van der Waals surface area (Å²) >= 11 is 1.61. The van der Waals surface area contributed by atoms with Gasteiger partial charge in [0.1, 0.15) is 12.1 Å². The first kappa shape index (κ1) is 15.5. The lowest BCUT2D eigenvalue weighted by atomic mass is 10.2. The quantitative estimate of drug-likeness (QED) is 0.725. The molecule has 0 fully saturated rings. The Bertz CT molecular complexity index is 558. The second-order valence-corrected chi connectivity index (χ2v) is 5.59. The van der Waals surface area contributed by atoms with E-state index in [4.69, 9.17) is 5.73 Å². The van der Waals surface area contributed by atoms with Crippen molar-refractivity contribution in [2.45, 2.75) is 32.1 Å². The molecule has 0 aliphatic rings. The number of nitrogens with two attached hydrogens (primary N) is 1.